The quantitative estimate of drug-likeness (QED) is 0.870. The Morgan fingerprint density at radius 3 is 2.81 bits per heavy atom. The summed E-state index contributed by atoms with van der Waals surface area (Å²) in [5, 5.41) is 0. The van der Waals surface area contributed by atoms with Crippen LogP contribution in [-0.4, -0.2) is 17.6 Å². The third kappa shape index (κ3) is 2.66. The van der Waals surface area contributed by atoms with E-state index in [0.29, 0.717) is 0 Å². The Bertz CT molecular complexity index is 413. The second-order valence-electron chi connectivity index (χ2n) is 2.82. The van der Waals surface area contributed by atoms with Crippen molar-refractivity contribution in [3.8, 4) is 0 Å². The standard InChI is InChI=1S/C9H9BrF2N2O2/c1-2-16-9(15)7-6(10)4(13)3-5(14-7)8(11)12/h3,8H,2H2,1H3,(H2,13,14). The van der Waals surface area contributed by atoms with Gasteiger partial charge in [0, 0.05) is 0 Å². The maximum Gasteiger partial charge on any atom is 0.358 e. The van der Waals surface area contributed by atoms with Gasteiger partial charge in [-0.25, -0.2) is 18.6 Å². The molecule has 0 aromatic carbocycles. The molecule has 16 heavy (non-hydrogen) atoms. The average Bonchev–Trinajstić information content (AvgIpc) is 2.21. The van der Waals surface area contributed by atoms with E-state index in [4.69, 9.17) is 5.73 Å². The molecule has 2 N–H and O–H groups in total. The molecular formula is C9H9BrF2N2O2. The molecule has 0 aliphatic rings. The number of alkyl halides is 2. The van der Waals surface area contributed by atoms with E-state index in [1.807, 2.05) is 0 Å². The summed E-state index contributed by atoms with van der Waals surface area (Å²) in [5.41, 5.74) is 4.70. The molecule has 1 rings (SSSR count). The Hall–Kier alpha value is -1.24. The van der Waals surface area contributed by atoms with Crippen molar-refractivity contribution < 1.29 is 18.3 Å². The molecule has 0 unspecified atom stereocenters. The number of nitrogens with two attached hydrogens (primary N) is 1. The number of carbonyl (C=O) groups excluding carboxylic acids is 1. The lowest BCUT2D eigenvalue weighted by atomic mass is 10.2. The number of carbonyl (C=O) groups is 1. The summed E-state index contributed by atoms with van der Waals surface area (Å²) in [5.74, 6) is -0.788. The minimum atomic E-state index is -2.79. The van der Waals surface area contributed by atoms with Crippen molar-refractivity contribution in [2.75, 3.05) is 12.3 Å². The van der Waals surface area contributed by atoms with Gasteiger partial charge in [-0.2, -0.15) is 0 Å². The molecule has 7 heteroatoms. The number of esters is 1. The van der Waals surface area contributed by atoms with E-state index in [1.165, 1.54) is 0 Å². The number of aromatic nitrogens is 1. The van der Waals surface area contributed by atoms with Crippen molar-refractivity contribution in [3.05, 3.63) is 21.9 Å². The van der Waals surface area contributed by atoms with Crippen LogP contribution in [0, 0.1) is 0 Å². The van der Waals surface area contributed by atoms with Gasteiger partial charge in [-0.05, 0) is 28.9 Å². The van der Waals surface area contributed by atoms with Gasteiger partial charge in [0.05, 0.1) is 16.8 Å². The van der Waals surface area contributed by atoms with Crippen molar-refractivity contribution >= 4 is 27.6 Å². The van der Waals surface area contributed by atoms with E-state index in [-0.39, 0.29) is 22.5 Å². The fourth-order valence-electron chi connectivity index (χ4n) is 1.02. The van der Waals surface area contributed by atoms with Gasteiger partial charge in [-0.1, -0.05) is 0 Å². The molecule has 0 aliphatic heterocycles. The molecule has 0 saturated carbocycles. The molecule has 0 saturated heterocycles. The molecule has 1 heterocycles. The van der Waals surface area contributed by atoms with Crippen LogP contribution in [-0.2, 0) is 4.74 Å². The van der Waals surface area contributed by atoms with E-state index in [2.05, 4.69) is 25.7 Å². The summed E-state index contributed by atoms with van der Waals surface area (Å²) in [4.78, 5) is 14.9. The number of hydrogen-bond donors (Lipinski definition) is 1. The third-order valence-corrected chi connectivity index (χ3v) is 2.53. The normalized spacial score (nSPS) is 10.6. The topological polar surface area (TPSA) is 65.2 Å². The molecule has 4 nitrogen and oxygen atoms in total. The molecule has 1 aromatic heterocycles. The van der Waals surface area contributed by atoms with E-state index >= 15 is 0 Å². The van der Waals surface area contributed by atoms with Crippen molar-refractivity contribution in [2.45, 2.75) is 13.3 Å². The predicted octanol–water partition coefficient (Wildman–Crippen LogP) is 2.54. The average molecular weight is 295 g/mol. The van der Waals surface area contributed by atoms with Gasteiger partial charge in [0.15, 0.2) is 5.69 Å². The highest BCUT2D eigenvalue weighted by Crippen LogP contribution is 2.28. The van der Waals surface area contributed by atoms with Crippen LogP contribution in [0.15, 0.2) is 10.5 Å². The van der Waals surface area contributed by atoms with Gasteiger partial charge in [0.2, 0.25) is 0 Å². The van der Waals surface area contributed by atoms with Crippen LogP contribution < -0.4 is 5.73 Å². The summed E-state index contributed by atoms with van der Waals surface area (Å²) in [6, 6.07) is 1.01. The van der Waals surface area contributed by atoms with Crippen LogP contribution in [0.3, 0.4) is 0 Å². The maximum atomic E-state index is 12.4. The maximum absolute atomic E-state index is 12.4. The first-order valence-corrected chi connectivity index (χ1v) is 5.17. The Morgan fingerprint density at radius 2 is 2.31 bits per heavy atom. The minimum absolute atomic E-state index is 0.0216. The number of nitrogens with zero attached hydrogens (tertiary/aromatic N) is 1. The first-order chi connectivity index (χ1) is 7.47. The van der Waals surface area contributed by atoms with Crippen LogP contribution in [0.4, 0.5) is 14.5 Å². The number of nitrogen functional groups attached to an aromatic ring is 1. The largest absolute Gasteiger partial charge is 0.461 e. The summed E-state index contributed by atoms with van der Waals surface area (Å²) in [6.45, 7) is 1.73. The summed E-state index contributed by atoms with van der Waals surface area (Å²) in [6.07, 6.45) is -2.79. The predicted molar refractivity (Wildman–Crippen MR) is 57.3 cm³/mol. The zero-order chi connectivity index (χ0) is 12.3. The Morgan fingerprint density at radius 1 is 1.69 bits per heavy atom. The third-order valence-electron chi connectivity index (χ3n) is 1.70. The number of ether oxygens (including phenoxy) is 1. The fraction of sp³-hybridized carbons (Fsp3) is 0.333. The van der Waals surface area contributed by atoms with E-state index < -0.39 is 18.1 Å². The molecular weight excluding hydrogens is 286 g/mol. The summed E-state index contributed by atoms with van der Waals surface area (Å²) in [7, 11) is 0. The molecule has 0 spiro atoms. The number of halogens is 3. The van der Waals surface area contributed by atoms with Crippen LogP contribution in [0.25, 0.3) is 0 Å². The first-order valence-electron chi connectivity index (χ1n) is 4.38. The van der Waals surface area contributed by atoms with Gasteiger partial charge in [0.25, 0.3) is 6.43 Å². The molecule has 0 fully saturated rings. The summed E-state index contributed by atoms with van der Waals surface area (Å²) >= 11 is 3.00. The molecule has 0 atom stereocenters. The number of pyridine rings is 1. The van der Waals surface area contributed by atoms with Gasteiger partial charge < -0.3 is 10.5 Å². The lowest BCUT2D eigenvalue weighted by Gasteiger charge is -2.08. The molecule has 1 aromatic rings. The minimum Gasteiger partial charge on any atom is -0.461 e. The molecule has 88 valence electrons. The molecule has 0 aliphatic carbocycles. The lowest BCUT2D eigenvalue weighted by molar-refractivity contribution is 0.0516. The van der Waals surface area contributed by atoms with Crippen LogP contribution in [0.1, 0.15) is 29.5 Å². The zero-order valence-corrected chi connectivity index (χ0v) is 9.92. The number of hydrogen-bond acceptors (Lipinski definition) is 4. The monoisotopic (exact) mass is 294 g/mol. The van der Waals surface area contributed by atoms with Crippen LogP contribution >= 0.6 is 15.9 Å². The van der Waals surface area contributed by atoms with Crippen molar-refractivity contribution in [3.63, 3.8) is 0 Å². The highest BCUT2D eigenvalue weighted by atomic mass is 79.9. The summed E-state index contributed by atoms with van der Waals surface area (Å²) < 4.78 is 29.7. The van der Waals surface area contributed by atoms with Gasteiger partial charge in [-0.15, -0.1) is 0 Å². The van der Waals surface area contributed by atoms with Crippen molar-refractivity contribution in [2.24, 2.45) is 0 Å². The Kier molecular flexibility index (Phi) is 4.17. The highest BCUT2D eigenvalue weighted by Gasteiger charge is 2.20. The molecule has 0 radical (unpaired) electrons. The fourth-order valence-corrected chi connectivity index (χ4v) is 1.38. The second kappa shape index (κ2) is 5.20. The molecule has 0 bridgehead atoms. The van der Waals surface area contributed by atoms with Crippen LogP contribution in [0.5, 0.6) is 0 Å². The van der Waals surface area contributed by atoms with Crippen molar-refractivity contribution in [1.82, 2.24) is 4.98 Å². The van der Waals surface area contributed by atoms with E-state index in [1.54, 1.807) is 6.92 Å². The van der Waals surface area contributed by atoms with E-state index in [0.717, 1.165) is 6.07 Å². The zero-order valence-electron chi connectivity index (χ0n) is 8.34. The van der Waals surface area contributed by atoms with Crippen LogP contribution in [0.2, 0.25) is 0 Å². The van der Waals surface area contributed by atoms with Gasteiger partial charge in [0.1, 0.15) is 5.69 Å². The Balaban J connectivity index is 3.21. The number of anilines is 1. The Labute approximate surface area is 98.9 Å². The SMILES string of the molecule is CCOC(=O)c1nc(C(F)F)cc(N)c1Br. The number of rotatable bonds is 3. The highest BCUT2D eigenvalue weighted by molar-refractivity contribution is 9.10. The van der Waals surface area contributed by atoms with Crippen molar-refractivity contribution in [1.29, 1.82) is 0 Å². The second-order valence-corrected chi connectivity index (χ2v) is 3.61. The van der Waals surface area contributed by atoms with Gasteiger partial charge in [-0.3, -0.25) is 0 Å². The smallest absolute Gasteiger partial charge is 0.358 e. The molecule has 0 amide bonds. The van der Waals surface area contributed by atoms with Gasteiger partial charge >= 0.3 is 5.97 Å². The first kappa shape index (κ1) is 12.8. The lowest BCUT2D eigenvalue weighted by Crippen LogP contribution is -2.11. The van der Waals surface area contributed by atoms with E-state index in [9.17, 15) is 13.6 Å².